The van der Waals surface area contributed by atoms with Gasteiger partial charge in [0, 0.05) is 10.0 Å². The predicted molar refractivity (Wildman–Crippen MR) is 77.4 cm³/mol. The average Bonchev–Trinajstić information content (AvgIpc) is 2.29. The Morgan fingerprint density at radius 3 is 2.53 bits per heavy atom. The molecule has 106 valence electrons. The van der Waals surface area contributed by atoms with Gasteiger partial charge >= 0.3 is 0 Å². The molecular weight excluding hydrogens is 330 g/mol. The van der Waals surface area contributed by atoms with E-state index in [9.17, 15) is 13.5 Å². The smallest absolute Gasteiger partial charge is 0.242 e. The van der Waals surface area contributed by atoms with Crippen LogP contribution >= 0.6 is 15.9 Å². The van der Waals surface area contributed by atoms with E-state index in [1.165, 1.54) is 6.07 Å². The number of nitrogens with one attached hydrogen (secondary N) is 1. The molecule has 1 aromatic carbocycles. The third-order valence-corrected chi connectivity index (χ3v) is 6.57. The van der Waals surface area contributed by atoms with E-state index < -0.39 is 10.0 Å². The first-order valence-electron chi connectivity index (χ1n) is 6.21. The molecule has 0 amide bonds. The van der Waals surface area contributed by atoms with Crippen LogP contribution in [0.3, 0.4) is 0 Å². The van der Waals surface area contributed by atoms with E-state index in [-0.39, 0.29) is 17.0 Å². The van der Waals surface area contributed by atoms with Gasteiger partial charge in [0.1, 0.15) is 0 Å². The van der Waals surface area contributed by atoms with E-state index in [1.807, 2.05) is 13.8 Å². The fraction of sp³-hybridized carbons (Fsp3) is 0.538. The van der Waals surface area contributed by atoms with Gasteiger partial charge in [-0.15, -0.1) is 0 Å². The summed E-state index contributed by atoms with van der Waals surface area (Å²) in [5.41, 5.74) is 1.06. The summed E-state index contributed by atoms with van der Waals surface area (Å²) in [6, 6.07) is 3.29. The first-order chi connectivity index (χ1) is 8.77. The molecule has 0 saturated heterocycles. The lowest BCUT2D eigenvalue weighted by molar-refractivity contribution is 0.248. The van der Waals surface area contributed by atoms with Crippen molar-refractivity contribution in [2.24, 2.45) is 0 Å². The first kappa shape index (κ1) is 15.0. The average molecular weight is 348 g/mol. The molecule has 6 heteroatoms. The highest BCUT2D eigenvalue weighted by molar-refractivity contribution is 9.10. The van der Waals surface area contributed by atoms with Gasteiger partial charge in [-0.05, 0) is 66.2 Å². The minimum Gasteiger partial charge on any atom is -0.392 e. The largest absolute Gasteiger partial charge is 0.392 e. The predicted octanol–water partition coefficient (Wildman–Crippen LogP) is 2.47. The fourth-order valence-corrected chi connectivity index (χ4v) is 4.82. The molecule has 1 saturated carbocycles. The number of hydrogen-bond donors (Lipinski definition) is 2. The van der Waals surface area contributed by atoms with Gasteiger partial charge < -0.3 is 5.11 Å². The Hall–Kier alpha value is -0.430. The van der Waals surface area contributed by atoms with Crippen LogP contribution in [0.2, 0.25) is 0 Å². The van der Waals surface area contributed by atoms with Crippen LogP contribution in [0.25, 0.3) is 0 Å². The molecule has 4 nitrogen and oxygen atoms in total. The summed E-state index contributed by atoms with van der Waals surface area (Å²) < 4.78 is 28.2. The normalized spacial score (nSPS) is 18.1. The topological polar surface area (TPSA) is 66.4 Å². The molecule has 1 aliphatic carbocycles. The van der Waals surface area contributed by atoms with E-state index in [0.717, 1.165) is 24.8 Å². The van der Waals surface area contributed by atoms with Crippen LogP contribution in [0.15, 0.2) is 21.5 Å². The Labute approximate surface area is 122 Å². The number of sulfonamides is 1. The van der Waals surface area contributed by atoms with Crippen LogP contribution in [0.4, 0.5) is 0 Å². The van der Waals surface area contributed by atoms with Crippen LogP contribution < -0.4 is 4.72 Å². The Kier molecular flexibility index (Phi) is 4.07. The highest BCUT2D eigenvalue weighted by Gasteiger charge is 2.36. The minimum atomic E-state index is -3.57. The second-order valence-electron chi connectivity index (χ2n) is 5.40. The molecule has 0 atom stereocenters. The van der Waals surface area contributed by atoms with Gasteiger partial charge in [0.05, 0.1) is 11.5 Å². The monoisotopic (exact) mass is 347 g/mol. The lowest BCUT2D eigenvalue weighted by Crippen LogP contribution is -2.50. The summed E-state index contributed by atoms with van der Waals surface area (Å²) in [5, 5.41) is 9.20. The van der Waals surface area contributed by atoms with Crippen molar-refractivity contribution < 1.29 is 13.5 Å². The summed E-state index contributed by atoms with van der Waals surface area (Å²) in [4.78, 5) is 0.199. The third kappa shape index (κ3) is 3.02. The maximum absolute atomic E-state index is 12.5. The molecule has 0 unspecified atom stereocenters. The standard InChI is InChI=1S/C13H18BrNO3S/c1-9-6-10(8-16)7-11(12(9)14)19(17,18)15-13(2)4-3-5-13/h6-7,15-16H,3-5,8H2,1-2H3. The molecule has 2 rings (SSSR count). The number of aliphatic hydroxyl groups is 1. The number of aryl methyl sites for hydroxylation is 1. The van der Waals surface area contributed by atoms with E-state index in [2.05, 4.69) is 20.7 Å². The summed E-state index contributed by atoms with van der Waals surface area (Å²) in [6.07, 6.45) is 2.78. The molecule has 1 aliphatic rings. The zero-order valence-corrected chi connectivity index (χ0v) is 13.4. The van der Waals surface area contributed by atoms with Crippen molar-refractivity contribution in [2.75, 3.05) is 0 Å². The van der Waals surface area contributed by atoms with Crippen molar-refractivity contribution in [2.45, 2.75) is 50.2 Å². The summed E-state index contributed by atoms with van der Waals surface area (Å²) in [5.74, 6) is 0. The van der Waals surface area contributed by atoms with Gasteiger partial charge in [0.25, 0.3) is 0 Å². The maximum Gasteiger partial charge on any atom is 0.242 e. The lowest BCUT2D eigenvalue weighted by atomic mass is 9.80. The molecule has 0 radical (unpaired) electrons. The van der Waals surface area contributed by atoms with Gasteiger partial charge in [0.2, 0.25) is 10.0 Å². The molecule has 0 aromatic heterocycles. The number of aliphatic hydroxyl groups excluding tert-OH is 1. The summed E-state index contributed by atoms with van der Waals surface area (Å²) in [6.45, 7) is 3.56. The zero-order valence-electron chi connectivity index (χ0n) is 11.0. The fourth-order valence-electron chi connectivity index (χ4n) is 2.28. The van der Waals surface area contributed by atoms with Crippen molar-refractivity contribution in [3.05, 3.63) is 27.7 Å². The van der Waals surface area contributed by atoms with Gasteiger partial charge in [0.15, 0.2) is 0 Å². The van der Waals surface area contributed by atoms with Gasteiger partial charge in [-0.1, -0.05) is 6.07 Å². The van der Waals surface area contributed by atoms with Gasteiger partial charge in [-0.25, -0.2) is 13.1 Å². The molecule has 1 aromatic rings. The molecular formula is C13H18BrNO3S. The first-order valence-corrected chi connectivity index (χ1v) is 8.49. The van der Waals surface area contributed by atoms with Crippen molar-refractivity contribution in [3.8, 4) is 0 Å². The number of benzene rings is 1. The third-order valence-electron chi connectivity index (χ3n) is 3.59. The Morgan fingerprint density at radius 1 is 1.42 bits per heavy atom. The maximum atomic E-state index is 12.5. The molecule has 0 bridgehead atoms. The minimum absolute atomic E-state index is 0.173. The van der Waals surface area contributed by atoms with Crippen molar-refractivity contribution in [1.29, 1.82) is 0 Å². The van der Waals surface area contributed by atoms with Crippen molar-refractivity contribution >= 4 is 26.0 Å². The molecule has 0 spiro atoms. The van der Waals surface area contributed by atoms with E-state index in [1.54, 1.807) is 6.07 Å². The van der Waals surface area contributed by atoms with Gasteiger partial charge in [-0.2, -0.15) is 0 Å². The van der Waals surface area contributed by atoms with Crippen LogP contribution in [-0.4, -0.2) is 19.1 Å². The quantitative estimate of drug-likeness (QED) is 0.879. The van der Waals surface area contributed by atoms with Crippen LogP contribution in [-0.2, 0) is 16.6 Å². The second-order valence-corrected chi connectivity index (χ2v) is 7.85. The summed E-state index contributed by atoms with van der Waals surface area (Å²) in [7, 11) is -3.57. The lowest BCUT2D eigenvalue weighted by Gasteiger charge is -2.38. The SMILES string of the molecule is Cc1cc(CO)cc(S(=O)(=O)NC2(C)CCC2)c1Br. The van der Waals surface area contributed by atoms with Crippen LogP contribution in [0.1, 0.15) is 37.3 Å². The molecule has 0 heterocycles. The van der Waals surface area contributed by atoms with E-state index in [0.29, 0.717) is 10.0 Å². The number of rotatable bonds is 4. The van der Waals surface area contributed by atoms with Crippen LogP contribution in [0.5, 0.6) is 0 Å². The molecule has 19 heavy (non-hydrogen) atoms. The summed E-state index contributed by atoms with van der Waals surface area (Å²) >= 11 is 3.33. The highest BCUT2D eigenvalue weighted by Crippen LogP contribution is 2.34. The Balaban J connectivity index is 2.42. The Bertz CT molecular complexity index is 594. The molecule has 0 aliphatic heterocycles. The second kappa shape index (κ2) is 5.16. The van der Waals surface area contributed by atoms with Crippen molar-refractivity contribution in [1.82, 2.24) is 4.72 Å². The molecule has 1 fully saturated rings. The van der Waals surface area contributed by atoms with Crippen molar-refractivity contribution in [3.63, 3.8) is 0 Å². The molecule has 2 N–H and O–H groups in total. The number of hydrogen-bond acceptors (Lipinski definition) is 3. The van der Waals surface area contributed by atoms with E-state index in [4.69, 9.17) is 0 Å². The van der Waals surface area contributed by atoms with Gasteiger partial charge in [-0.3, -0.25) is 0 Å². The Morgan fingerprint density at radius 2 is 2.05 bits per heavy atom. The van der Waals surface area contributed by atoms with Crippen LogP contribution in [0, 0.1) is 6.92 Å². The number of halogens is 1. The highest BCUT2D eigenvalue weighted by atomic mass is 79.9. The van der Waals surface area contributed by atoms with E-state index >= 15 is 0 Å². The zero-order chi connectivity index (χ0) is 14.3.